The van der Waals surface area contributed by atoms with Crippen molar-refractivity contribution < 1.29 is 9.53 Å². The molecular weight excluding hydrogens is 342 g/mol. The van der Waals surface area contributed by atoms with Gasteiger partial charge in [0.15, 0.2) is 12.3 Å². The first-order valence-electron chi connectivity index (χ1n) is 9.37. The zero-order valence-corrected chi connectivity index (χ0v) is 15.1. The zero-order chi connectivity index (χ0) is 18.5. The molecule has 1 saturated carbocycles. The van der Waals surface area contributed by atoms with Crippen LogP contribution in [0, 0.1) is 0 Å². The number of ether oxygens (including phenoxy) is 1. The minimum atomic E-state index is -0.296. The normalized spacial score (nSPS) is 14.8. The van der Waals surface area contributed by atoms with Crippen LogP contribution in [0.2, 0.25) is 0 Å². The van der Waals surface area contributed by atoms with Crippen LogP contribution in [0.15, 0.2) is 48.7 Å². The van der Waals surface area contributed by atoms with Crippen LogP contribution in [-0.2, 0) is 4.79 Å². The predicted octanol–water partition coefficient (Wildman–Crippen LogP) is 3.49. The fourth-order valence-corrected chi connectivity index (χ4v) is 3.33. The Kier molecular flexibility index (Phi) is 5.18. The first-order valence-corrected chi connectivity index (χ1v) is 9.37. The maximum atomic E-state index is 12.1. The highest BCUT2D eigenvalue weighted by Gasteiger charge is 2.14. The van der Waals surface area contributed by atoms with Crippen molar-refractivity contribution in [2.24, 2.45) is 0 Å². The third-order valence-corrected chi connectivity index (χ3v) is 4.68. The third kappa shape index (κ3) is 4.55. The molecule has 0 unspecified atom stereocenters. The Morgan fingerprint density at radius 2 is 1.96 bits per heavy atom. The van der Waals surface area contributed by atoms with Gasteiger partial charge in [0.2, 0.25) is 5.95 Å². The van der Waals surface area contributed by atoms with E-state index in [-0.39, 0.29) is 18.5 Å². The molecule has 0 bridgehead atoms. The van der Waals surface area contributed by atoms with Gasteiger partial charge in [-0.3, -0.25) is 10.1 Å². The second kappa shape index (κ2) is 8.07. The standard InChI is InChI=1S/C20H23N5O2/c26-19(14-27-17-9-5-2-6-10-17)23-20-22-18-13-16(11-12-25(18)24-20)21-15-7-3-1-4-8-15/h2,5-6,9-13,15,21H,1,3-4,7-8,14H2,(H,23,24,26). The average Bonchev–Trinajstić information content (AvgIpc) is 3.09. The summed E-state index contributed by atoms with van der Waals surface area (Å²) in [6.07, 6.45) is 8.17. The van der Waals surface area contributed by atoms with E-state index in [9.17, 15) is 4.79 Å². The summed E-state index contributed by atoms with van der Waals surface area (Å²) in [4.78, 5) is 16.4. The summed E-state index contributed by atoms with van der Waals surface area (Å²) in [5.74, 6) is 0.621. The summed E-state index contributed by atoms with van der Waals surface area (Å²) in [5.41, 5.74) is 1.72. The Bertz CT molecular complexity index is 903. The molecule has 4 rings (SSSR count). The number of aromatic nitrogens is 3. The largest absolute Gasteiger partial charge is 0.484 e. The number of hydrogen-bond acceptors (Lipinski definition) is 5. The smallest absolute Gasteiger partial charge is 0.264 e. The first-order chi connectivity index (χ1) is 13.3. The monoisotopic (exact) mass is 365 g/mol. The SMILES string of the molecule is O=C(COc1ccccc1)Nc1nc2cc(NC3CCCCC3)ccn2n1. The van der Waals surface area contributed by atoms with Gasteiger partial charge in [0, 0.05) is 24.0 Å². The van der Waals surface area contributed by atoms with E-state index in [1.165, 1.54) is 32.1 Å². The van der Waals surface area contributed by atoms with Gasteiger partial charge in [-0.25, -0.2) is 4.52 Å². The van der Waals surface area contributed by atoms with Gasteiger partial charge in [0.1, 0.15) is 5.75 Å². The lowest BCUT2D eigenvalue weighted by Crippen LogP contribution is -2.22. The number of rotatable bonds is 6. The highest BCUT2D eigenvalue weighted by molar-refractivity contribution is 5.90. The van der Waals surface area contributed by atoms with Gasteiger partial charge in [-0.05, 0) is 31.0 Å². The van der Waals surface area contributed by atoms with Gasteiger partial charge in [0.05, 0.1) is 0 Å². The fraction of sp³-hybridized carbons (Fsp3) is 0.350. The van der Waals surface area contributed by atoms with E-state index in [1.807, 2.05) is 36.5 Å². The summed E-state index contributed by atoms with van der Waals surface area (Å²) in [6.45, 7) is -0.0892. The van der Waals surface area contributed by atoms with Crippen LogP contribution in [0.1, 0.15) is 32.1 Å². The number of benzene rings is 1. The topological polar surface area (TPSA) is 80.5 Å². The average molecular weight is 365 g/mol. The number of amides is 1. The van der Waals surface area contributed by atoms with Crippen LogP contribution in [0.4, 0.5) is 11.6 Å². The van der Waals surface area contributed by atoms with Crippen molar-refractivity contribution in [3.8, 4) is 5.75 Å². The van der Waals surface area contributed by atoms with E-state index < -0.39 is 0 Å². The highest BCUT2D eigenvalue weighted by atomic mass is 16.5. The molecule has 1 aliphatic carbocycles. The molecule has 1 fully saturated rings. The van der Waals surface area contributed by atoms with Crippen LogP contribution >= 0.6 is 0 Å². The molecule has 0 aliphatic heterocycles. The molecule has 0 radical (unpaired) electrons. The Morgan fingerprint density at radius 1 is 1.15 bits per heavy atom. The maximum absolute atomic E-state index is 12.1. The van der Waals surface area contributed by atoms with E-state index in [4.69, 9.17) is 4.74 Å². The number of pyridine rings is 1. The summed E-state index contributed by atoms with van der Waals surface area (Å²) < 4.78 is 7.09. The number of carbonyl (C=O) groups excluding carboxylic acids is 1. The fourth-order valence-electron chi connectivity index (χ4n) is 3.33. The number of para-hydroxylation sites is 1. The Morgan fingerprint density at radius 3 is 2.78 bits per heavy atom. The zero-order valence-electron chi connectivity index (χ0n) is 15.1. The van der Waals surface area contributed by atoms with Crippen molar-refractivity contribution in [3.63, 3.8) is 0 Å². The molecule has 7 heteroatoms. The maximum Gasteiger partial charge on any atom is 0.264 e. The third-order valence-electron chi connectivity index (χ3n) is 4.68. The van der Waals surface area contributed by atoms with Crippen molar-refractivity contribution in [2.75, 3.05) is 17.2 Å². The number of fused-ring (bicyclic) bond motifs is 1. The minimum absolute atomic E-state index is 0.0892. The number of nitrogens with one attached hydrogen (secondary N) is 2. The molecule has 27 heavy (non-hydrogen) atoms. The molecule has 2 aromatic heterocycles. The molecule has 0 saturated heterocycles. The van der Waals surface area contributed by atoms with Crippen molar-refractivity contribution in [3.05, 3.63) is 48.7 Å². The predicted molar refractivity (Wildman–Crippen MR) is 104 cm³/mol. The lowest BCUT2D eigenvalue weighted by Gasteiger charge is -2.23. The van der Waals surface area contributed by atoms with Crippen LogP contribution in [0.5, 0.6) is 5.75 Å². The molecule has 3 aromatic rings. The number of hydrogen-bond donors (Lipinski definition) is 2. The molecule has 0 atom stereocenters. The van der Waals surface area contributed by atoms with Gasteiger partial charge in [-0.2, -0.15) is 4.98 Å². The van der Waals surface area contributed by atoms with E-state index >= 15 is 0 Å². The molecule has 1 amide bonds. The van der Waals surface area contributed by atoms with Gasteiger partial charge in [-0.15, -0.1) is 5.10 Å². The second-order valence-electron chi connectivity index (χ2n) is 6.78. The molecule has 7 nitrogen and oxygen atoms in total. The summed E-state index contributed by atoms with van der Waals surface area (Å²) in [6, 6.07) is 13.7. The number of nitrogens with zero attached hydrogens (tertiary/aromatic N) is 3. The van der Waals surface area contributed by atoms with Crippen molar-refractivity contribution >= 4 is 23.2 Å². The van der Waals surface area contributed by atoms with Gasteiger partial charge in [0.25, 0.3) is 5.91 Å². The van der Waals surface area contributed by atoms with Gasteiger partial charge < -0.3 is 10.1 Å². The second-order valence-corrected chi connectivity index (χ2v) is 6.78. The number of anilines is 2. The summed E-state index contributed by atoms with van der Waals surface area (Å²) in [7, 11) is 0. The molecule has 140 valence electrons. The molecule has 1 aromatic carbocycles. The van der Waals surface area contributed by atoms with Crippen LogP contribution in [0.3, 0.4) is 0 Å². The lowest BCUT2D eigenvalue weighted by molar-refractivity contribution is -0.118. The highest BCUT2D eigenvalue weighted by Crippen LogP contribution is 2.22. The summed E-state index contributed by atoms with van der Waals surface area (Å²) >= 11 is 0. The molecular formula is C20H23N5O2. The van der Waals surface area contributed by atoms with Gasteiger partial charge in [-0.1, -0.05) is 37.5 Å². The molecule has 2 heterocycles. The summed E-state index contributed by atoms with van der Waals surface area (Å²) in [5, 5.41) is 10.5. The van der Waals surface area contributed by atoms with E-state index in [1.54, 1.807) is 16.6 Å². The minimum Gasteiger partial charge on any atom is -0.484 e. The van der Waals surface area contributed by atoms with Crippen LogP contribution in [-0.4, -0.2) is 33.2 Å². The van der Waals surface area contributed by atoms with Crippen LogP contribution in [0.25, 0.3) is 5.65 Å². The molecule has 0 spiro atoms. The number of carbonyl (C=O) groups is 1. The van der Waals surface area contributed by atoms with E-state index in [0.717, 1.165) is 5.69 Å². The molecule has 2 N–H and O–H groups in total. The lowest BCUT2D eigenvalue weighted by atomic mass is 9.95. The van der Waals surface area contributed by atoms with E-state index in [2.05, 4.69) is 20.7 Å². The van der Waals surface area contributed by atoms with E-state index in [0.29, 0.717) is 17.4 Å². The van der Waals surface area contributed by atoms with Gasteiger partial charge >= 0.3 is 0 Å². The first kappa shape index (κ1) is 17.3. The molecule has 1 aliphatic rings. The van der Waals surface area contributed by atoms with Crippen molar-refractivity contribution in [1.29, 1.82) is 0 Å². The Balaban J connectivity index is 1.36. The Hall–Kier alpha value is -3.09. The van der Waals surface area contributed by atoms with Crippen molar-refractivity contribution in [2.45, 2.75) is 38.1 Å². The van der Waals surface area contributed by atoms with Crippen LogP contribution < -0.4 is 15.4 Å². The quantitative estimate of drug-likeness (QED) is 0.699. The van der Waals surface area contributed by atoms with Crippen molar-refractivity contribution in [1.82, 2.24) is 14.6 Å². The Labute approximate surface area is 157 Å².